The molecule has 1 N–H and O–H groups in total. The molecule has 1 rings (SSSR count). The van der Waals surface area contributed by atoms with Gasteiger partial charge in [-0.05, 0) is 22.0 Å². The molecule has 0 unspecified atom stereocenters. The molecule has 5 nitrogen and oxygen atoms in total. The number of carboxylic acids is 1. The monoisotopic (exact) mass is 279 g/mol. The summed E-state index contributed by atoms with van der Waals surface area (Å²) < 4.78 is 0.0872. The molecule has 0 heterocycles. The number of hydrogen-bond donors (Lipinski definition) is 1. The summed E-state index contributed by atoms with van der Waals surface area (Å²) in [6, 6.07) is 2.29. The Bertz CT molecular complexity index is 420. The van der Waals surface area contributed by atoms with E-state index in [1.165, 1.54) is 6.07 Å². The van der Waals surface area contributed by atoms with Gasteiger partial charge in [-0.3, -0.25) is 10.1 Å². The molecule has 0 radical (unpaired) electrons. The lowest BCUT2D eigenvalue weighted by Crippen LogP contribution is -2.03. The summed E-state index contributed by atoms with van der Waals surface area (Å²) in [6.45, 7) is 0. The van der Waals surface area contributed by atoms with E-state index in [4.69, 9.17) is 16.7 Å². The summed E-state index contributed by atoms with van der Waals surface area (Å²) >= 11 is 8.44. The molecule has 0 aliphatic rings. The molecule has 0 aromatic heterocycles. The van der Waals surface area contributed by atoms with Crippen LogP contribution in [0.4, 0.5) is 5.69 Å². The average molecular weight is 280 g/mol. The first-order chi connectivity index (χ1) is 6.43. The van der Waals surface area contributed by atoms with Crippen molar-refractivity contribution in [3.63, 3.8) is 0 Å². The van der Waals surface area contributed by atoms with Crippen molar-refractivity contribution >= 4 is 39.2 Å². The fourth-order valence-electron chi connectivity index (χ4n) is 0.916. The van der Waals surface area contributed by atoms with Crippen LogP contribution >= 0.6 is 27.5 Å². The number of hydrogen-bond acceptors (Lipinski definition) is 3. The largest absolute Gasteiger partial charge is 0.477 e. The first-order valence-corrected chi connectivity index (χ1v) is 4.47. The van der Waals surface area contributed by atoms with Crippen molar-refractivity contribution in [3.8, 4) is 0 Å². The van der Waals surface area contributed by atoms with Crippen LogP contribution in [0.5, 0.6) is 0 Å². The van der Waals surface area contributed by atoms with Crippen molar-refractivity contribution in [1.29, 1.82) is 0 Å². The Balaban J connectivity index is 3.52. The molecular weight excluding hydrogens is 277 g/mol. The first kappa shape index (κ1) is 10.9. The van der Waals surface area contributed by atoms with E-state index in [0.717, 1.165) is 6.07 Å². The number of benzene rings is 1. The lowest BCUT2D eigenvalue weighted by molar-refractivity contribution is -0.385. The summed E-state index contributed by atoms with van der Waals surface area (Å²) in [5, 5.41) is 19.3. The van der Waals surface area contributed by atoms with E-state index in [2.05, 4.69) is 15.9 Å². The lowest BCUT2D eigenvalue weighted by atomic mass is 10.2. The molecule has 0 aliphatic heterocycles. The molecule has 0 atom stereocenters. The highest BCUT2D eigenvalue weighted by Gasteiger charge is 2.23. The number of halogens is 2. The number of rotatable bonds is 2. The molecule has 0 bridgehead atoms. The minimum atomic E-state index is -1.37. The normalized spacial score (nSPS) is 9.86. The second-order valence-electron chi connectivity index (χ2n) is 2.34. The maximum Gasteiger partial charge on any atom is 0.343 e. The molecule has 0 aliphatic carbocycles. The van der Waals surface area contributed by atoms with Crippen LogP contribution in [0.15, 0.2) is 16.6 Å². The van der Waals surface area contributed by atoms with Crippen LogP contribution in [-0.2, 0) is 0 Å². The highest BCUT2D eigenvalue weighted by molar-refractivity contribution is 9.10. The van der Waals surface area contributed by atoms with E-state index >= 15 is 0 Å². The summed E-state index contributed by atoms with van der Waals surface area (Å²) in [5.41, 5.74) is -0.934. The van der Waals surface area contributed by atoms with Gasteiger partial charge in [0.05, 0.1) is 4.92 Å². The van der Waals surface area contributed by atoms with Crippen LogP contribution < -0.4 is 0 Å². The third-order valence-corrected chi connectivity index (χ3v) is 2.29. The van der Waals surface area contributed by atoms with Gasteiger partial charge in [0.25, 0.3) is 5.69 Å². The second-order valence-corrected chi connectivity index (χ2v) is 3.63. The van der Waals surface area contributed by atoms with Crippen molar-refractivity contribution in [3.05, 3.63) is 37.3 Å². The van der Waals surface area contributed by atoms with E-state index in [1.807, 2.05) is 0 Å². The maximum atomic E-state index is 10.7. The zero-order valence-corrected chi connectivity index (χ0v) is 8.87. The molecule has 0 fully saturated rings. The standard InChI is InChI=1S/C7H3BrClNO4/c8-4-1-3(9)2-5(10(13)14)6(4)7(11)12/h1-2H,(H,11,12). The van der Waals surface area contributed by atoms with Gasteiger partial charge in [-0.15, -0.1) is 0 Å². The quantitative estimate of drug-likeness (QED) is 0.667. The molecule has 74 valence electrons. The first-order valence-electron chi connectivity index (χ1n) is 3.30. The number of nitro groups is 1. The molecular formula is C7H3BrClNO4. The number of aromatic carboxylic acids is 1. The number of carbonyl (C=O) groups is 1. The summed E-state index contributed by atoms with van der Waals surface area (Å²) in [4.78, 5) is 20.4. The van der Waals surface area contributed by atoms with E-state index in [9.17, 15) is 14.9 Å². The minimum absolute atomic E-state index is 0.0872. The molecule has 0 amide bonds. The fraction of sp³-hybridized carbons (Fsp3) is 0. The van der Waals surface area contributed by atoms with Gasteiger partial charge in [-0.1, -0.05) is 11.6 Å². The fourth-order valence-corrected chi connectivity index (χ4v) is 1.88. The van der Waals surface area contributed by atoms with Gasteiger partial charge in [-0.2, -0.15) is 0 Å². The Kier molecular flexibility index (Phi) is 3.07. The van der Waals surface area contributed by atoms with Crippen LogP contribution in [-0.4, -0.2) is 16.0 Å². The number of nitrogens with zero attached hydrogens (tertiary/aromatic N) is 1. The Labute approximate surface area is 91.6 Å². The average Bonchev–Trinajstić information content (AvgIpc) is 2.01. The zero-order valence-electron chi connectivity index (χ0n) is 6.53. The van der Waals surface area contributed by atoms with E-state index in [1.54, 1.807) is 0 Å². The van der Waals surface area contributed by atoms with Crippen LogP contribution in [0.1, 0.15) is 10.4 Å². The van der Waals surface area contributed by atoms with Crippen LogP contribution in [0.3, 0.4) is 0 Å². The predicted octanol–water partition coefficient (Wildman–Crippen LogP) is 2.71. The van der Waals surface area contributed by atoms with Crippen molar-refractivity contribution in [1.82, 2.24) is 0 Å². The molecule has 7 heteroatoms. The molecule has 0 saturated heterocycles. The van der Waals surface area contributed by atoms with Crippen molar-refractivity contribution < 1.29 is 14.8 Å². The van der Waals surface area contributed by atoms with Gasteiger partial charge in [0.1, 0.15) is 0 Å². The van der Waals surface area contributed by atoms with Gasteiger partial charge in [0.2, 0.25) is 0 Å². The second kappa shape index (κ2) is 3.93. The van der Waals surface area contributed by atoms with Crippen LogP contribution in [0.2, 0.25) is 5.02 Å². The third-order valence-electron chi connectivity index (χ3n) is 1.44. The van der Waals surface area contributed by atoms with E-state index in [0.29, 0.717) is 0 Å². The van der Waals surface area contributed by atoms with E-state index < -0.39 is 22.1 Å². The van der Waals surface area contributed by atoms with Crippen LogP contribution in [0, 0.1) is 10.1 Å². The van der Waals surface area contributed by atoms with Gasteiger partial charge >= 0.3 is 5.97 Å². The van der Waals surface area contributed by atoms with Gasteiger partial charge in [-0.25, -0.2) is 4.79 Å². The molecule has 0 spiro atoms. The number of carboxylic acid groups (broad SMARTS) is 1. The molecule has 1 aromatic carbocycles. The topological polar surface area (TPSA) is 80.4 Å². The molecule has 0 saturated carbocycles. The smallest absolute Gasteiger partial charge is 0.343 e. The van der Waals surface area contributed by atoms with Crippen molar-refractivity contribution in [2.45, 2.75) is 0 Å². The van der Waals surface area contributed by atoms with Crippen LogP contribution in [0.25, 0.3) is 0 Å². The maximum absolute atomic E-state index is 10.7. The highest BCUT2D eigenvalue weighted by atomic mass is 79.9. The minimum Gasteiger partial charge on any atom is -0.477 e. The van der Waals surface area contributed by atoms with E-state index in [-0.39, 0.29) is 9.50 Å². The number of nitro benzene ring substituents is 1. The lowest BCUT2D eigenvalue weighted by Gasteiger charge is -2.01. The zero-order chi connectivity index (χ0) is 10.9. The van der Waals surface area contributed by atoms with Gasteiger partial charge in [0.15, 0.2) is 5.56 Å². The van der Waals surface area contributed by atoms with Crippen molar-refractivity contribution in [2.75, 3.05) is 0 Å². The van der Waals surface area contributed by atoms with Crippen molar-refractivity contribution in [2.24, 2.45) is 0 Å². The van der Waals surface area contributed by atoms with Gasteiger partial charge in [0, 0.05) is 15.6 Å². The Hall–Kier alpha value is -1.14. The molecule has 14 heavy (non-hydrogen) atoms. The Morgan fingerprint density at radius 1 is 1.57 bits per heavy atom. The van der Waals surface area contributed by atoms with Gasteiger partial charge < -0.3 is 5.11 Å². The SMILES string of the molecule is O=C(O)c1c(Br)cc(Cl)cc1[N+](=O)[O-]. The Morgan fingerprint density at radius 2 is 2.14 bits per heavy atom. The summed E-state index contributed by atoms with van der Waals surface area (Å²) in [7, 11) is 0. The third kappa shape index (κ3) is 2.02. The summed E-state index contributed by atoms with van der Waals surface area (Å²) in [5.74, 6) is -1.37. The molecule has 1 aromatic rings. The Morgan fingerprint density at radius 3 is 2.57 bits per heavy atom. The summed E-state index contributed by atoms with van der Waals surface area (Å²) in [6.07, 6.45) is 0. The predicted molar refractivity (Wildman–Crippen MR) is 52.8 cm³/mol. The highest BCUT2D eigenvalue weighted by Crippen LogP contribution is 2.30.